The van der Waals surface area contributed by atoms with Gasteiger partial charge in [0.15, 0.2) is 6.17 Å². The van der Waals surface area contributed by atoms with Gasteiger partial charge in [0.05, 0.1) is 19.4 Å². The first kappa shape index (κ1) is 26.2. The third kappa shape index (κ3) is 11.8. The van der Waals surface area contributed by atoms with Crippen LogP contribution >= 0.6 is 0 Å². The maximum absolute atomic E-state index is 9.38. The summed E-state index contributed by atoms with van der Waals surface area (Å²) < 4.78 is 0.908. The predicted molar refractivity (Wildman–Crippen MR) is 128 cm³/mol. The highest BCUT2D eigenvalue weighted by Crippen LogP contribution is 2.23. The standard InChI is InChI=1S/C26H51N2O/c1-3-5-6-7-8-9-10-11-12-13-14-15-16-17-18-19-20-21-26-27-22-23-28(26,4-2)24-25-29/h7-8,22-23,26-27,29H,3-6,9-21,24-25H2,1-2H3/q+1/b8-7+. The van der Waals surface area contributed by atoms with E-state index in [1.54, 1.807) is 0 Å². The smallest absolute Gasteiger partial charge is 0.166 e. The quantitative estimate of drug-likeness (QED) is 0.129. The molecule has 2 unspecified atom stereocenters. The van der Waals surface area contributed by atoms with Crippen LogP contribution in [0.2, 0.25) is 0 Å². The van der Waals surface area contributed by atoms with Gasteiger partial charge < -0.3 is 10.4 Å². The van der Waals surface area contributed by atoms with Gasteiger partial charge in [-0.3, -0.25) is 4.48 Å². The van der Waals surface area contributed by atoms with Crippen LogP contribution in [-0.4, -0.2) is 35.5 Å². The average molecular weight is 408 g/mol. The van der Waals surface area contributed by atoms with Gasteiger partial charge in [0.25, 0.3) is 0 Å². The second kappa shape index (κ2) is 18.0. The lowest BCUT2D eigenvalue weighted by atomic mass is 10.0. The molecule has 1 aliphatic rings. The lowest BCUT2D eigenvalue weighted by Gasteiger charge is -2.36. The zero-order valence-electron chi connectivity index (χ0n) is 19.7. The van der Waals surface area contributed by atoms with Gasteiger partial charge in [0.1, 0.15) is 12.7 Å². The lowest BCUT2D eigenvalue weighted by Crippen LogP contribution is -2.54. The van der Waals surface area contributed by atoms with Crippen LogP contribution in [0, 0.1) is 0 Å². The van der Waals surface area contributed by atoms with E-state index in [0.29, 0.717) is 6.17 Å². The summed E-state index contributed by atoms with van der Waals surface area (Å²) in [5.41, 5.74) is 0. The largest absolute Gasteiger partial charge is 0.390 e. The van der Waals surface area contributed by atoms with Gasteiger partial charge in [-0.15, -0.1) is 0 Å². The highest BCUT2D eigenvalue weighted by atomic mass is 16.3. The van der Waals surface area contributed by atoms with Gasteiger partial charge >= 0.3 is 0 Å². The number of likely N-dealkylation sites (N-methyl/N-ethyl adjacent to an activating group) is 1. The number of rotatable bonds is 20. The molecule has 0 aromatic carbocycles. The summed E-state index contributed by atoms with van der Waals surface area (Å²) >= 11 is 0. The Morgan fingerprint density at radius 2 is 1.34 bits per heavy atom. The van der Waals surface area contributed by atoms with Crippen LogP contribution in [0.25, 0.3) is 0 Å². The summed E-state index contributed by atoms with van der Waals surface area (Å²) in [6.45, 7) is 6.65. The molecule has 0 amide bonds. The van der Waals surface area contributed by atoms with Gasteiger partial charge in [-0.1, -0.05) is 89.7 Å². The van der Waals surface area contributed by atoms with E-state index in [-0.39, 0.29) is 6.61 Å². The Bertz CT molecular complexity index is 421. The van der Waals surface area contributed by atoms with Gasteiger partial charge in [0, 0.05) is 6.42 Å². The summed E-state index contributed by atoms with van der Waals surface area (Å²) in [5.74, 6) is 0. The van der Waals surface area contributed by atoms with Crippen molar-refractivity contribution in [1.82, 2.24) is 5.32 Å². The van der Waals surface area contributed by atoms with E-state index in [1.165, 1.54) is 103 Å². The monoisotopic (exact) mass is 407 g/mol. The lowest BCUT2D eigenvalue weighted by molar-refractivity contribution is -0.900. The van der Waals surface area contributed by atoms with Gasteiger partial charge in [0.2, 0.25) is 0 Å². The summed E-state index contributed by atoms with van der Waals surface area (Å²) in [6.07, 6.45) is 31.4. The van der Waals surface area contributed by atoms with E-state index in [2.05, 4.69) is 43.7 Å². The molecule has 0 saturated heterocycles. The molecule has 2 atom stereocenters. The van der Waals surface area contributed by atoms with Crippen molar-refractivity contribution in [2.24, 2.45) is 0 Å². The number of nitrogens with zero attached hydrogens (tertiary/aromatic N) is 1. The summed E-state index contributed by atoms with van der Waals surface area (Å²) in [7, 11) is 0. The third-order valence-corrected chi connectivity index (χ3v) is 6.63. The third-order valence-electron chi connectivity index (χ3n) is 6.63. The topological polar surface area (TPSA) is 32.3 Å². The minimum Gasteiger partial charge on any atom is -0.390 e. The summed E-state index contributed by atoms with van der Waals surface area (Å²) in [4.78, 5) is 0. The maximum Gasteiger partial charge on any atom is 0.166 e. The van der Waals surface area contributed by atoms with Crippen molar-refractivity contribution >= 4 is 0 Å². The molecule has 170 valence electrons. The minimum absolute atomic E-state index is 0.270. The number of allylic oxidation sites excluding steroid dienone is 2. The van der Waals surface area contributed by atoms with E-state index in [4.69, 9.17) is 0 Å². The van der Waals surface area contributed by atoms with E-state index >= 15 is 0 Å². The molecule has 0 spiro atoms. The molecule has 0 saturated carbocycles. The first-order chi connectivity index (χ1) is 14.3. The number of nitrogens with one attached hydrogen (secondary N) is 1. The molecule has 0 bridgehead atoms. The highest BCUT2D eigenvalue weighted by molar-refractivity contribution is 4.84. The molecule has 0 fully saturated rings. The first-order valence-electron chi connectivity index (χ1n) is 12.8. The molecule has 3 nitrogen and oxygen atoms in total. The normalized spacial score (nSPS) is 21.3. The van der Waals surface area contributed by atoms with E-state index in [1.807, 2.05) is 0 Å². The maximum atomic E-state index is 9.38. The molecule has 1 rings (SSSR count). The van der Waals surface area contributed by atoms with Crippen molar-refractivity contribution in [2.75, 3.05) is 19.7 Å². The molecule has 0 aromatic rings. The zero-order chi connectivity index (χ0) is 21.0. The molecule has 1 heterocycles. The number of hydrogen-bond donors (Lipinski definition) is 2. The fraction of sp³-hybridized carbons (Fsp3) is 0.846. The first-order valence-corrected chi connectivity index (χ1v) is 12.8. The molecule has 0 radical (unpaired) electrons. The van der Waals surface area contributed by atoms with Crippen LogP contribution in [0.15, 0.2) is 24.6 Å². The van der Waals surface area contributed by atoms with Crippen molar-refractivity contribution in [3.05, 3.63) is 24.6 Å². The van der Waals surface area contributed by atoms with Crippen LogP contribution in [-0.2, 0) is 0 Å². The second-order valence-electron chi connectivity index (χ2n) is 8.94. The van der Waals surface area contributed by atoms with Crippen molar-refractivity contribution in [3.63, 3.8) is 0 Å². The molecule has 0 aromatic heterocycles. The molecule has 0 aliphatic carbocycles. The molecule has 29 heavy (non-hydrogen) atoms. The Morgan fingerprint density at radius 3 is 1.90 bits per heavy atom. The zero-order valence-corrected chi connectivity index (χ0v) is 19.7. The second-order valence-corrected chi connectivity index (χ2v) is 8.94. The van der Waals surface area contributed by atoms with Crippen LogP contribution in [0.3, 0.4) is 0 Å². The Balaban J connectivity index is 1.85. The van der Waals surface area contributed by atoms with E-state index in [0.717, 1.165) is 17.6 Å². The van der Waals surface area contributed by atoms with Crippen LogP contribution < -0.4 is 5.32 Å². The van der Waals surface area contributed by atoms with Gasteiger partial charge in [-0.05, 0) is 32.6 Å². The number of quaternary nitrogens is 1. The summed E-state index contributed by atoms with van der Waals surface area (Å²) in [5, 5.41) is 12.9. The van der Waals surface area contributed by atoms with Crippen LogP contribution in [0.1, 0.15) is 117 Å². The Morgan fingerprint density at radius 1 is 0.793 bits per heavy atom. The van der Waals surface area contributed by atoms with Crippen molar-refractivity contribution in [3.8, 4) is 0 Å². The number of aliphatic hydroxyl groups excluding tert-OH is 1. The Labute approximate surface area is 182 Å². The van der Waals surface area contributed by atoms with Crippen LogP contribution in [0.4, 0.5) is 0 Å². The van der Waals surface area contributed by atoms with E-state index in [9.17, 15) is 5.11 Å². The number of hydrogen-bond acceptors (Lipinski definition) is 2. The van der Waals surface area contributed by atoms with Crippen molar-refractivity contribution < 1.29 is 9.59 Å². The molecular weight excluding hydrogens is 356 g/mol. The van der Waals surface area contributed by atoms with Crippen molar-refractivity contribution in [1.29, 1.82) is 0 Å². The molecule has 3 heteroatoms. The molecular formula is C26H51N2O+. The fourth-order valence-corrected chi connectivity index (χ4v) is 4.54. The SMILES string of the molecule is CCCC/C=C/CCCCCCCCCCCCCC1NC=C[N+]1(CC)CCO. The minimum atomic E-state index is 0.270. The van der Waals surface area contributed by atoms with Gasteiger partial charge in [-0.25, -0.2) is 0 Å². The Kier molecular flexibility index (Phi) is 16.3. The average Bonchev–Trinajstić information content (AvgIpc) is 3.13. The summed E-state index contributed by atoms with van der Waals surface area (Å²) in [6, 6.07) is 0. The number of aliphatic hydroxyl groups is 1. The Hall–Kier alpha value is -0.800. The fourth-order valence-electron chi connectivity index (χ4n) is 4.54. The molecule has 1 aliphatic heterocycles. The highest BCUT2D eigenvalue weighted by Gasteiger charge is 2.35. The molecule has 2 N–H and O–H groups in total. The van der Waals surface area contributed by atoms with Gasteiger partial charge in [-0.2, -0.15) is 0 Å². The van der Waals surface area contributed by atoms with Crippen molar-refractivity contribution in [2.45, 2.75) is 123 Å². The predicted octanol–water partition coefficient (Wildman–Crippen LogP) is 7.03. The van der Waals surface area contributed by atoms with Crippen LogP contribution in [0.5, 0.6) is 0 Å². The number of unbranched alkanes of at least 4 members (excludes halogenated alkanes) is 13. The van der Waals surface area contributed by atoms with E-state index < -0.39 is 0 Å².